The summed E-state index contributed by atoms with van der Waals surface area (Å²) >= 11 is 0. The third kappa shape index (κ3) is 3.25. The zero-order chi connectivity index (χ0) is 11.4. The van der Waals surface area contributed by atoms with Crippen LogP contribution < -0.4 is 11.1 Å². The van der Waals surface area contributed by atoms with Gasteiger partial charge < -0.3 is 16.0 Å². The lowest BCUT2D eigenvalue weighted by Crippen LogP contribution is -2.38. The van der Waals surface area contributed by atoms with Gasteiger partial charge in [-0.25, -0.2) is 0 Å². The number of hydrogen-bond donors (Lipinski definition) is 3. The minimum Gasteiger partial charge on any atom is -0.382 e. The van der Waals surface area contributed by atoms with Gasteiger partial charge in [0.1, 0.15) is 11.5 Å². The molecule has 0 aliphatic rings. The lowest BCUT2D eigenvalue weighted by molar-refractivity contribution is 0.0938. The summed E-state index contributed by atoms with van der Waals surface area (Å²) in [4.78, 5) is 13.6. The van der Waals surface area contributed by atoms with Gasteiger partial charge in [0.25, 0.3) is 5.91 Å². The lowest BCUT2D eigenvalue weighted by Gasteiger charge is -2.19. The second kappa shape index (κ2) is 4.79. The van der Waals surface area contributed by atoms with Crippen molar-refractivity contribution in [3.05, 3.63) is 11.8 Å². The van der Waals surface area contributed by atoms with Gasteiger partial charge >= 0.3 is 0 Å². The van der Waals surface area contributed by atoms with Gasteiger partial charge in [0.15, 0.2) is 0 Å². The van der Waals surface area contributed by atoms with Crippen LogP contribution in [0.5, 0.6) is 0 Å². The number of H-pyrrole nitrogens is 1. The molecule has 15 heavy (non-hydrogen) atoms. The van der Waals surface area contributed by atoms with Crippen LogP contribution in [0.4, 0.5) is 5.82 Å². The van der Waals surface area contributed by atoms with Crippen molar-refractivity contribution in [3.8, 4) is 0 Å². The summed E-state index contributed by atoms with van der Waals surface area (Å²) in [5.74, 6) is 0.133. The molecule has 1 aromatic rings. The smallest absolute Gasteiger partial charge is 0.269 e. The Kier molecular flexibility index (Phi) is 3.68. The van der Waals surface area contributed by atoms with Crippen LogP contribution in [0, 0.1) is 0 Å². The van der Waals surface area contributed by atoms with Crippen molar-refractivity contribution >= 4 is 11.7 Å². The number of amides is 1. The zero-order valence-corrected chi connectivity index (χ0v) is 9.24. The maximum atomic E-state index is 11.5. The Balaban J connectivity index is 2.43. The fraction of sp³-hybridized carbons (Fsp3) is 0.556. The lowest BCUT2D eigenvalue weighted by atomic mass is 10.3. The van der Waals surface area contributed by atoms with E-state index in [1.54, 1.807) is 0 Å². The van der Waals surface area contributed by atoms with E-state index in [9.17, 15) is 4.79 Å². The molecule has 0 saturated heterocycles. The summed E-state index contributed by atoms with van der Waals surface area (Å²) in [6, 6.07) is 1.80. The van der Waals surface area contributed by atoms with Crippen LogP contribution in [0.15, 0.2) is 6.07 Å². The minimum absolute atomic E-state index is 0.187. The van der Waals surface area contributed by atoms with Gasteiger partial charge in [0.05, 0.1) is 0 Å². The van der Waals surface area contributed by atoms with E-state index in [0.717, 1.165) is 0 Å². The monoisotopic (exact) mass is 211 g/mol. The number of nitrogen functional groups attached to an aromatic ring is 1. The van der Waals surface area contributed by atoms with Crippen molar-refractivity contribution in [2.24, 2.45) is 0 Å². The molecule has 0 saturated carbocycles. The van der Waals surface area contributed by atoms with E-state index < -0.39 is 0 Å². The van der Waals surface area contributed by atoms with Crippen LogP contribution in [0.3, 0.4) is 0 Å². The summed E-state index contributed by atoms with van der Waals surface area (Å²) in [6.07, 6.45) is 0. The third-order valence-corrected chi connectivity index (χ3v) is 2.28. The van der Waals surface area contributed by atoms with Crippen LogP contribution in [0.25, 0.3) is 0 Å². The second-order valence-electron chi connectivity index (χ2n) is 3.73. The molecular weight excluding hydrogens is 194 g/mol. The fourth-order valence-electron chi connectivity index (χ4n) is 0.972. The Bertz CT molecular complexity index is 333. The number of aromatic nitrogens is 2. The average molecular weight is 211 g/mol. The molecule has 0 bridgehead atoms. The molecule has 1 atom stereocenters. The Morgan fingerprint density at radius 2 is 2.40 bits per heavy atom. The predicted molar refractivity (Wildman–Crippen MR) is 58.5 cm³/mol. The highest BCUT2D eigenvalue weighted by atomic mass is 16.1. The molecule has 6 heteroatoms. The number of aromatic amines is 1. The van der Waals surface area contributed by atoms with Gasteiger partial charge in [0.2, 0.25) is 0 Å². The van der Waals surface area contributed by atoms with E-state index in [1.165, 1.54) is 6.07 Å². The van der Waals surface area contributed by atoms with Gasteiger partial charge in [-0.3, -0.25) is 9.89 Å². The number of carbonyl (C=O) groups excluding carboxylic acids is 1. The number of nitrogens with zero attached hydrogens (tertiary/aromatic N) is 2. The molecule has 1 aromatic heterocycles. The van der Waals surface area contributed by atoms with Gasteiger partial charge in [-0.1, -0.05) is 0 Å². The molecule has 6 nitrogen and oxygen atoms in total. The van der Waals surface area contributed by atoms with Crippen LogP contribution in [-0.2, 0) is 0 Å². The molecule has 0 aliphatic heterocycles. The van der Waals surface area contributed by atoms with Crippen molar-refractivity contribution in [2.45, 2.75) is 13.0 Å². The van der Waals surface area contributed by atoms with Crippen molar-refractivity contribution in [2.75, 3.05) is 26.4 Å². The van der Waals surface area contributed by atoms with Gasteiger partial charge in [-0.05, 0) is 21.0 Å². The normalized spacial score (nSPS) is 12.8. The maximum absolute atomic E-state index is 11.5. The molecule has 0 spiro atoms. The highest BCUT2D eigenvalue weighted by molar-refractivity contribution is 5.92. The quantitative estimate of drug-likeness (QED) is 0.636. The van der Waals surface area contributed by atoms with Crippen LogP contribution in [0.1, 0.15) is 17.4 Å². The maximum Gasteiger partial charge on any atom is 0.269 e. The first-order valence-electron chi connectivity index (χ1n) is 4.76. The van der Waals surface area contributed by atoms with Gasteiger partial charge in [-0.15, -0.1) is 0 Å². The Morgan fingerprint density at radius 1 is 1.73 bits per heavy atom. The summed E-state index contributed by atoms with van der Waals surface area (Å²) in [5, 5.41) is 9.02. The molecule has 1 rings (SSSR count). The number of likely N-dealkylation sites (N-methyl/N-ethyl adjacent to an activating group) is 1. The molecule has 84 valence electrons. The third-order valence-electron chi connectivity index (χ3n) is 2.28. The van der Waals surface area contributed by atoms with Crippen molar-refractivity contribution in [1.82, 2.24) is 20.4 Å². The molecule has 1 amide bonds. The van der Waals surface area contributed by atoms with E-state index in [4.69, 9.17) is 5.73 Å². The average Bonchev–Trinajstić information content (AvgIpc) is 2.60. The molecule has 4 N–H and O–H groups in total. The first-order chi connectivity index (χ1) is 7.00. The van der Waals surface area contributed by atoms with Gasteiger partial charge in [0, 0.05) is 18.7 Å². The molecule has 0 fully saturated rings. The molecule has 1 unspecified atom stereocenters. The zero-order valence-electron chi connectivity index (χ0n) is 9.24. The second-order valence-corrected chi connectivity index (χ2v) is 3.73. The van der Waals surface area contributed by atoms with Gasteiger partial charge in [-0.2, -0.15) is 5.10 Å². The molecular formula is C9H17N5O. The molecule has 0 aromatic carbocycles. The minimum atomic E-state index is -0.187. The van der Waals surface area contributed by atoms with Crippen LogP contribution in [0.2, 0.25) is 0 Å². The first kappa shape index (κ1) is 11.5. The van der Waals surface area contributed by atoms with E-state index in [-0.39, 0.29) is 11.9 Å². The summed E-state index contributed by atoms with van der Waals surface area (Å²) < 4.78 is 0. The highest BCUT2D eigenvalue weighted by Crippen LogP contribution is 1.99. The topological polar surface area (TPSA) is 87.0 Å². The SMILES string of the molecule is CC(CNC(=O)c1cc(N)n[nH]1)N(C)C. The van der Waals surface area contributed by atoms with Crippen LogP contribution in [-0.4, -0.2) is 47.7 Å². The van der Waals surface area contributed by atoms with Crippen LogP contribution >= 0.6 is 0 Å². The number of nitrogens with two attached hydrogens (primary N) is 1. The molecule has 0 aliphatic carbocycles. The number of carbonyl (C=O) groups is 1. The van der Waals surface area contributed by atoms with Crippen molar-refractivity contribution in [1.29, 1.82) is 0 Å². The largest absolute Gasteiger partial charge is 0.382 e. The summed E-state index contributed by atoms with van der Waals surface area (Å²) in [5.41, 5.74) is 5.78. The predicted octanol–water partition coefficient (Wildman–Crippen LogP) is -0.328. The molecule has 1 heterocycles. The Morgan fingerprint density at radius 3 is 2.87 bits per heavy atom. The van der Waals surface area contributed by atoms with E-state index in [2.05, 4.69) is 15.5 Å². The van der Waals surface area contributed by atoms with Crippen molar-refractivity contribution in [3.63, 3.8) is 0 Å². The number of nitrogens with one attached hydrogen (secondary N) is 2. The first-order valence-corrected chi connectivity index (χ1v) is 4.76. The van der Waals surface area contributed by atoms with E-state index in [0.29, 0.717) is 18.1 Å². The van der Waals surface area contributed by atoms with E-state index >= 15 is 0 Å². The van der Waals surface area contributed by atoms with Crippen molar-refractivity contribution < 1.29 is 4.79 Å². The molecule has 0 radical (unpaired) electrons. The summed E-state index contributed by atoms with van der Waals surface area (Å²) in [7, 11) is 3.93. The number of anilines is 1. The number of hydrogen-bond acceptors (Lipinski definition) is 4. The fourth-order valence-corrected chi connectivity index (χ4v) is 0.972. The number of rotatable bonds is 4. The Labute approximate surface area is 88.8 Å². The summed E-state index contributed by atoms with van der Waals surface area (Å²) in [6.45, 7) is 2.62. The van der Waals surface area contributed by atoms with E-state index in [1.807, 2.05) is 25.9 Å². The Hall–Kier alpha value is -1.56. The highest BCUT2D eigenvalue weighted by Gasteiger charge is 2.10. The standard InChI is InChI=1S/C9H17N5O/c1-6(14(2)3)5-11-9(15)7-4-8(10)13-12-7/h4,6H,5H2,1-3H3,(H,11,15)(H3,10,12,13).